The van der Waals surface area contributed by atoms with Crippen LogP contribution in [0, 0.1) is 11.8 Å². The van der Waals surface area contributed by atoms with E-state index in [4.69, 9.17) is 0 Å². The molecule has 6 aromatic carbocycles. The molecule has 4 fully saturated rings. The van der Waals surface area contributed by atoms with Crippen molar-refractivity contribution in [2.45, 2.75) is 95.3 Å². The van der Waals surface area contributed by atoms with Gasteiger partial charge < -0.3 is 4.90 Å². The second-order valence-corrected chi connectivity index (χ2v) is 17.1. The first-order valence-electron chi connectivity index (χ1n) is 20.3. The standard InChI is InChI=1S/C51H51N/c1-51(2)49-33-42(30-31-45(49)47-17-9-16-46(50(47)51)44-15-8-13-37-12-6-7-14-43(37)44)52(40-26-22-36(23-27-40)35-10-4-3-5-11-35)41-28-24-39(25-29-41)48-32-34-18-20-38(48)21-19-34/h6-9,12-17,22-31,33-35,38,48H,3-5,10-11,18-21,32H2,1-2H3. The third kappa shape index (κ3) is 5.34. The highest BCUT2D eigenvalue weighted by Crippen LogP contribution is 2.55. The molecule has 0 aromatic heterocycles. The highest BCUT2D eigenvalue weighted by atomic mass is 15.1. The summed E-state index contributed by atoms with van der Waals surface area (Å²) in [6, 6.07) is 49.2. The quantitative estimate of drug-likeness (QED) is 0.170. The van der Waals surface area contributed by atoms with E-state index in [1.54, 1.807) is 5.56 Å². The van der Waals surface area contributed by atoms with Crippen molar-refractivity contribution in [3.63, 3.8) is 0 Å². The summed E-state index contributed by atoms with van der Waals surface area (Å²) >= 11 is 0. The van der Waals surface area contributed by atoms with Crippen molar-refractivity contribution in [3.05, 3.63) is 150 Å². The highest BCUT2D eigenvalue weighted by molar-refractivity contribution is 6.00. The molecule has 0 aliphatic heterocycles. The summed E-state index contributed by atoms with van der Waals surface area (Å²) in [5, 5.41) is 2.61. The Bertz CT molecular complexity index is 2240. The Morgan fingerprint density at radius 1 is 0.519 bits per heavy atom. The minimum Gasteiger partial charge on any atom is -0.310 e. The molecule has 2 bridgehead atoms. The molecule has 0 radical (unpaired) electrons. The molecule has 0 amide bonds. The van der Waals surface area contributed by atoms with Crippen molar-refractivity contribution in [1.82, 2.24) is 0 Å². The highest BCUT2D eigenvalue weighted by Gasteiger charge is 2.39. The SMILES string of the molecule is CC1(C)c2cc(N(c3ccc(C4CCCCC4)cc3)c3ccc(C4CC5CCC4CC5)cc3)ccc2-c2cccc(-c3cccc4ccccc34)c21. The monoisotopic (exact) mass is 677 g/mol. The minimum atomic E-state index is -0.158. The van der Waals surface area contributed by atoms with E-state index in [1.165, 1.54) is 131 Å². The lowest BCUT2D eigenvalue weighted by Gasteiger charge is -2.42. The molecule has 0 heterocycles. The summed E-state index contributed by atoms with van der Waals surface area (Å²) in [4.78, 5) is 2.52. The first kappa shape index (κ1) is 32.1. The maximum atomic E-state index is 2.52. The van der Waals surface area contributed by atoms with Gasteiger partial charge in [-0.2, -0.15) is 0 Å². The zero-order chi connectivity index (χ0) is 34.8. The van der Waals surface area contributed by atoms with Gasteiger partial charge in [-0.25, -0.2) is 0 Å². The van der Waals surface area contributed by atoms with Crippen molar-refractivity contribution in [2.24, 2.45) is 11.8 Å². The van der Waals surface area contributed by atoms with Gasteiger partial charge >= 0.3 is 0 Å². The van der Waals surface area contributed by atoms with Crippen molar-refractivity contribution in [1.29, 1.82) is 0 Å². The molecule has 0 N–H and O–H groups in total. The van der Waals surface area contributed by atoms with Crippen molar-refractivity contribution in [2.75, 3.05) is 4.90 Å². The first-order valence-corrected chi connectivity index (χ1v) is 20.3. The van der Waals surface area contributed by atoms with Crippen LogP contribution in [0.4, 0.5) is 17.1 Å². The minimum absolute atomic E-state index is 0.158. The smallest absolute Gasteiger partial charge is 0.0465 e. The normalized spacial score (nSPS) is 21.9. The Hall–Kier alpha value is -4.62. The number of rotatable bonds is 6. The van der Waals surface area contributed by atoms with Gasteiger partial charge in [-0.05, 0) is 147 Å². The van der Waals surface area contributed by atoms with Gasteiger partial charge in [0.1, 0.15) is 0 Å². The second kappa shape index (κ2) is 12.8. The predicted molar refractivity (Wildman–Crippen MR) is 220 cm³/mol. The number of hydrogen-bond acceptors (Lipinski definition) is 1. The lowest BCUT2D eigenvalue weighted by atomic mass is 9.63. The van der Waals surface area contributed by atoms with Gasteiger partial charge in [-0.15, -0.1) is 0 Å². The molecular formula is C51H51N. The first-order chi connectivity index (χ1) is 25.5. The van der Waals surface area contributed by atoms with Crippen molar-refractivity contribution < 1.29 is 0 Å². The molecule has 0 spiro atoms. The van der Waals surface area contributed by atoms with E-state index < -0.39 is 0 Å². The Labute approximate surface area is 310 Å². The fourth-order valence-corrected chi connectivity index (χ4v) is 11.1. The molecule has 1 heteroatoms. The Kier molecular flexibility index (Phi) is 7.89. The van der Waals surface area contributed by atoms with Crippen molar-refractivity contribution in [3.8, 4) is 22.3 Å². The Balaban J connectivity index is 1.06. The number of anilines is 3. The average Bonchev–Trinajstić information content (AvgIpc) is 3.44. The van der Waals surface area contributed by atoms with Gasteiger partial charge in [-0.3, -0.25) is 0 Å². The van der Waals surface area contributed by atoms with E-state index in [0.717, 1.165) is 17.8 Å². The molecule has 1 atom stereocenters. The van der Waals surface area contributed by atoms with E-state index >= 15 is 0 Å². The van der Waals surface area contributed by atoms with E-state index in [0.29, 0.717) is 5.92 Å². The topological polar surface area (TPSA) is 3.24 Å². The lowest BCUT2D eigenvalue weighted by Crippen LogP contribution is -2.29. The maximum Gasteiger partial charge on any atom is 0.0465 e. The van der Waals surface area contributed by atoms with E-state index in [-0.39, 0.29) is 5.41 Å². The maximum absolute atomic E-state index is 2.52. The van der Waals surface area contributed by atoms with Gasteiger partial charge in [0.05, 0.1) is 0 Å². The molecule has 6 aromatic rings. The van der Waals surface area contributed by atoms with Crippen LogP contribution < -0.4 is 4.90 Å². The molecule has 260 valence electrons. The predicted octanol–water partition coefficient (Wildman–Crippen LogP) is 14.6. The van der Waals surface area contributed by atoms with Crippen LogP contribution in [0.5, 0.6) is 0 Å². The summed E-state index contributed by atoms with van der Waals surface area (Å²) in [5.41, 5.74) is 14.9. The van der Waals surface area contributed by atoms with Crippen LogP contribution in [0.1, 0.15) is 112 Å². The fourth-order valence-electron chi connectivity index (χ4n) is 11.1. The van der Waals surface area contributed by atoms with Gasteiger partial charge in [0.25, 0.3) is 0 Å². The van der Waals surface area contributed by atoms with Crippen molar-refractivity contribution >= 4 is 27.8 Å². The lowest BCUT2D eigenvalue weighted by molar-refractivity contribution is 0.145. The van der Waals surface area contributed by atoms with Crippen LogP contribution in [-0.2, 0) is 5.41 Å². The van der Waals surface area contributed by atoms with Crippen LogP contribution in [0.25, 0.3) is 33.0 Å². The van der Waals surface area contributed by atoms with Crippen LogP contribution in [0.2, 0.25) is 0 Å². The van der Waals surface area contributed by atoms with Crippen LogP contribution in [-0.4, -0.2) is 0 Å². The van der Waals surface area contributed by atoms with Crippen LogP contribution in [0.3, 0.4) is 0 Å². The summed E-state index contributed by atoms with van der Waals surface area (Å²) in [7, 11) is 0. The molecule has 0 saturated heterocycles. The zero-order valence-corrected chi connectivity index (χ0v) is 31.0. The molecule has 52 heavy (non-hydrogen) atoms. The third-order valence-corrected chi connectivity index (χ3v) is 13.8. The van der Waals surface area contributed by atoms with Crippen LogP contribution in [0.15, 0.2) is 127 Å². The van der Waals surface area contributed by atoms with E-state index in [9.17, 15) is 0 Å². The number of hydrogen-bond donors (Lipinski definition) is 0. The molecule has 5 aliphatic carbocycles. The second-order valence-electron chi connectivity index (χ2n) is 17.1. The molecule has 11 rings (SSSR count). The van der Waals surface area contributed by atoms with Gasteiger partial charge in [0.2, 0.25) is 0 Å². The number of fused-ring (bicyclic) bond motifs is 7. The third-order valence-electron chi connectivity index (χ3n) is 13.8. The fraction of sp³-hybridized carbons (Fsp3) is 0.333. The summed E-state index contributed by atoms with van der Waals surface area (Å²) in [6.45, 7) is 4.87. The molecule has 5 aliphatic rings. The van der Waals surface area contributed by atoms with Gasteiger partial charge in [0.15, 0.2) is 0 Å². The summed E-state index contributed by atoms with van der Waals surface area (Å²) in [6.07, 6.45) is 13.9. The van der Waals surface area contributed by atoms with Gasteiger partial charge in [-0.1, -0.05) is 137 Å². The summed E-state index contributed by atoms with van der Waals surface area (Å²) < 4.78 is 0. The Morgan fingerprint density at radius 2 is 1.13 bits per heavy atom. The van der Waals surface area contributed by atoms with Crippen LogP contribution >= 0.6 is 0 Å². The van der Waals surface area contributed by atoms with Gasteiger partial charge in [0, 0.05) is 22.5 Å². The molecule has 1 unspecified atom stereocenters. The molecular weight excluding hydrogens is 627 g/mol. The summed E-state index contributed by atoms with van der Waals surface area (Å²) in [5.74, 6) is 3.25. The van der Waals surface area contributed by atoms with E-state index in [2.05, 4.69) is 146 Å². The molecule has 4 saturated carbocycles. The Morgan fingerprint density at radius 3 is 1.85 bits per heavy atom. The molecule has 1 nitrogen and oxygen atoms in total. The van der Waals surface area contributed by atoms with E-state index in [1.807, 2.05) is 0 Å². The number of benzene rings is 6. The largest absolute Gasteiger partial charge is 0.310 e. The zero-order valence-electron chi connectivity index (χ0n) is 31.0. The average molecular weight is 678 g/mol. The number of nitrogens with zero attached hydrogens (tertiary/aromatic N) is 1.